The fraction of sp³-hybridized carbons (Fsp3) is 0.500. The van der Waals surface area contributed by atoms with E-state index < -0.39 is 31.3 Å². The van der Waals surface area contributed by atoms with Crippen LogP contribution in [-0.2, 0) is 4.79 Å². The van der Waals surface area contributed by atoms with E-state index in [0.717, 1.165) is 0 Å². The number of amides is 1. The normalized spacial score (nSPS) is 13.2. The average molecular weight is 247 g/mol. The van der Waals surface area contributed by atoms with E-state index >= 15 is 0 Å². The Kier molecular flexibility index (Phi) is 4.82. The van der Waals surface area contributed by atoms with Crippen molar-refractivity contribution in [2.45, 2.75) is 12.4 Å². The van der Waals surface area contributed by atoms with Crippen LogP contribution in [0.15, 0.2) is 12.2 Å². The SMILES string of the molecule is [CH]/C=C/C(=O)N(CC(F)(F)F)CC(F)(F)F. The minimum Gasteiger partial charge on any atom is -0.321 e. The second-order valence-electron chi connectivity index (χ2n) is 2.78. The first-order valence-electron chi connectivity index (χ1n) is 3.86. The van der Waals surface area contributed by atoms with Gasteiger partial charge in [-0.05, 0) is 13.0 Å². The fourth-order valence-electron chi connectivity index (χ4n) is 0.832. The van der Waals surface area contributed by atoms with Crippen LogP contribution in [0.1, 0.15) is 0 Å². The largest absolute Gasteiger partial charge is 0.406 e. The van der Waals surface area contributed by atoms with Gasteiger partial charge in [-0.15, -0.1) is 0 Å². The number of carbonyl (C=O) groups excluding carboxylic acids is 1. The van der Waals surface area contributed by atoms with Crippen molar-refractivity contribution in [3.05, 3.63) is 19.1 Å². The van der Waals surface area contributed by atoms with Crippen LogP contribution in [0.25, 0.3) is 0 Å². The zero-order valence-corrected chi connectivity index (χ0v) is 7.77. The highest BCUT2D eigenvalue weighted by molar-refractivity contribution is 5.87. The van der Waals surface area contributed by atoms with E-state index in [-0.39, 0.29) is 4.90 Å². The Hall–Kier alpha value is -1.21. The summed E-state index contributed by atoms with van der Waals surface area (Å²) in [6, 6.07) is 0. The van der Waals surface area contributed by atoms with E-state index in [2.05, 4.69) is 0 Å². The molecule has 92 valence electrons. The van der Waals surface area contributed by atoms with E-state index in [1.54, 1.807) is 0 Å². The van der Waals surface area contributed by atoms with Crippen LogP contribution in [0.2, 0.25) is 0 Å². The Labute approximate surface area is 87.5 Å². The number of nitrogens with zero attached hydrogens (tertiary/aromatic N) is 1. The van der Waals surface area contributed by atoms with Gasteiger partial charge in [-0.2, -0.15) is 26.3 Å². The maximum atomic E-state index is 11.9. The third-order valence-corrected chi connectivity index (χ3v) is 1.29. The van der Waals surface area contributed by atoms with Crippen molar-refractivity contribution in [1.29, 1.82) is 0 Å². The summed E-state index contributed by atoms with van der Waals surface area (Å²) in [6.07, 6.45) is -8.80. The molecule has 0 aromatic carbocycles. The third-order valence-electron chi connectivity index (χ3n) is 1.29. The summed E-state index contributed by atoms with van der Waals surface area (Å²) in [5.74, 6) is -1.45. The topological polar surface area (TPSA) is 20.3 Å². The van der Waals surface area contributed by atoms with Crippen LogP contribution in [0.5, 0.6) is 0 Å². The van der Waals surface area contributed by atoms with Crippen LogP contribution in [0.3, 0.4) is 0 Å². The molecule has 0 aliphatic heterocycles. The molecule has 2 radical (unpaired) electrons. The molecule has 2 nitrogen and oxygen atoms in total. The van der Waals surface area contributed by atoms with Gasteiger partial charge in [0.1, 0.15) is 13.1 Å². The maximum absolute atomic E-state index is 11.9. The number of alkyl halides is 6. The second kappa shape index (κ2) is 5.22. The summed E-state index contributed by atoms with van der Waals surface area (Å²) in [6.45, 7) is 0.751. The summed E-state index contributed by atoms with van der Waals surface area (Å²) in [7, 11) is 0. The van der Waals surface area contributed by atoms with Crippen molar-refractivity contribution in [2.75, 3.05) is 13.1 Å². The van der Waals surface area contributed by atoms with Gasteiger partial charge in [0.15, 0.2) is 0 Å². The van der Waals surface area contributed by atoms with Gasteiger partial charge >= 0.3 is 12.4 Å². The predicted octanol–water partition coefficient (Wildman–Crippen LogP) is 2.21. The predicted molar refractivity (Wildman–Crippen MR) is 42.1 cm³/mol. The molecule has 0 N–H and O–H groups in total. The Morgan fingerprint density at radius 3 is 1.69 bits per heavy atom. The van der Waals surface area contributed by atoms with Crippen molar-refractivity contribution < 1.29 is 31.1 Å². The lowest BCUT2D eigenvalue weighted by Crippen LogP contribution is -2.43. The first-order chi connectivity index (χ1) is 7.05. The van der Waals surface area contributed by atoms with Gasteiger partial charge in [-0.25, -0.2) is 0 Å². The smallest absolute Gasteiger partial charge is 0.321 e. The van der Waals surface area contributed by atoms with Gasteiger partial charge in [0.05, 0.1) is 0 Å². The van der Waals surface area contributed by atoms with Crippen molar-refractivity contribution in [3.8, 4) is 0 Å². The highest BCUT2D eigenvalue weighted by Crippen LogP contribution is 2.21. The molecule has 0 fully saturated rings. The molecule has 0 aromatic heterocycles. The molecule has 0 unspecified atom stereocenters. The number of carbonyl (C=O) groups is 1. The molecule has 16 heavy (non-hydrogen) atoms. The summed E-state index contributed by atoms with van der Waals surface area (Å²) in [4.78, 5) is 10.5. The zero-order chi connectivity index (χ0) is 13.0. The summed E-state index contributed by atoms with van der Waals surface area (Å²) in [5, 5.41) is 0. The number of hydrogen-bond donors (Lipinski definition) is 0. The van der Waals surface area contributed by atoms with Gasteiger partial charge in [0.2, 0.25) is 5.91 Å². The number of hydrogen-bond acceptors (Lipinski definition) is 1. The molecule has 0 aliphatic carbocycles. The van der Waals surface area contributed by atoms with Gasteiger partial charge in [0.25, 0.3) is 0 Å². The molecule has 8 heteroatoms. The molecule has 0 atom stereocenters. The second-order valence-corrected chi connectivity index (χ2v) is 2.78. The van der Waals surface area contributed by atoms with Gasteiger partial charge in [0, 0.05) is 0 Å². The van der Waals surface area contributed by atoms with Crippen LogP contribution in [-0.4, -0.2) is 36.2 Å². The summed E-state index contributed by atoms with van der Waals surface area (Å²) in [5.41, 5.74) is 0. The van der Waals surface area contributed by atoms with E-state index in [9.17, 15) is 31.1 Å². The Bertz CT molecular complexity index is 251. The van der Waals surface area contributed by atoms with Crippen molar-refractivity contribution in [3.63, 3.8) is 0 Å². The van der Waals surface area contributed by atoms with Gasteiger partial charge < -0.3 is 4.90 Å². The van der Waals surface area contributed by atoms with E-state index in [4.69, 9.17) is 6.92 Å². The fourth-order valence-corrected chi connectivity index (χ4v) is 0.832. The Morgan fingerprint density at radius 1 is 1.06 bits per heavy atom. The molecule has 0 aromatic rings. The molecule has 0 bridgehead atoms. The minimum atomic E-state index is -4.90. The molecule has 1 amide bonds. The van der Waals surface area contributed by atoms with Crippen molar-refractivity contribution in [1.82, 2.24) is 4.90 Å². The Morgan fingerprint density at radius 2 is 1.44 bits per heavy atom. The first-order valence-corrected chi connectivity index (χ1v) is 3.86. The van der Waals surface area contributed by atoms with Crippen LogP contribution in [0.4, 0.5) is 26.3 Å². The number of allylic oxidation sites excluding steroid dienone is 1. The average Bonchev–Trinajstić information content (AvgIpc) is 1.97. The highest BCUT2D eigenvalue weighted by atomic mass is 19.4. The van der Waals surface area contributed by atoms with Crippen molar-refractivity contribution in [2.24, 2.45) is 0 Å². The highest BCUT2D eigenvalue weighted by Gasteiger charge is 2.38. The molecular weight excluding hydrogens is 240 g/mol. The van der Waals surface area contributed by atoms with Gasteiger partial charge in [-0.1, -0.05) is 6.08 Å². The molecule has 0 spiro atoms. The molecule has 0 aliphatic rings. The van der Waals surface area contributed by atoms with Crippen LogP contribution >= 0.6 is 0 Å². The van der Waals surface area contributed by atoms with E-state index in [1.165, 1.54) is 0 Å². The molecule has 0 rings (SSSR count). The zero-order valence-electron chi connectivity index (χ0n) is 7.77. The van der Waals surface area contributed by atoms with E-state index in [1.807, 2.05) is 0 Å². The Balaban J connectivity index is 4.71. The monoisotopic (exact) mass is 247 g/mol. The molecule has 0 saturated carbocycles. The quantitative estimate of drug-likeness (QED) is 0.553. The van der Waals surface area contributed by atoms with Crippen LogP contribution < -0.4 is 0 Å². The lowest BCUT2D eigenvalue weighted by molar-refractivity contribution is -0.185. The third kappa shape index (κ3) is 7.13. The molecule has 0 saturated heterocycles. The van der Waals surface area contributed by atoms with Gasteiger partial charge in [-0.3, -0.25) is 4.79 Å². The molecular formula is C8H7F6NO. The van der Waals surface area contributed by atoms with Crippen molar-refractivity contribution >= 4 is 5.91 Å². The number of halogens is 6. The number of rotatable bonds is 3. The van der Waals surface area contributed by atoms with Crippen LogP contribution in [0, 0.1) is 6.92 Å². The minimum absolute atomic E-state index is 0.386. The van der Waals surface area contributed by atoms with E-state index in [0.29, 0.717) is 12.2 Å². The maximum Gasteiger partial charge on any atom is 0.406 e. The standard InChI is InChI=1S/C8H7F6NO/c1-2-3-6(16)15(4-7(9,10)11)5-8(12,13)14/h1-3H,4-5H2/b3-2+. The first kappa shape index (κ1) is 14.8. The molecule has 0 heterocycles. The lowest BCUT2D eigenvalue weighted by Gasteiger charge is -2.23. The lowest BCUT2D eigenvalue weighted by atomic mass is 10.4. The summed E-state index contributed by atoms with van der Waals surface area (Å²) >= 11 is 0. The summed E-state index contributed by atoms with van der Waals surface area (Å²) < 4.78 is 71.2.